The maximum atomic E-state index is 13.0. The Balaban J connectivity index is 5.27. The van der Waals surface area contributed by atoms with Crippen LogP contribution in [0.4, 0.5) is 0 Å². The summed E-state index contributed by atoms with van der Waals surface area (Å²) in [7, 11) is -9.90. The Bertz CT molecular complexity index is 1750. The minimum Gasteiger partial charge on any atom is -0.462 e. The number of carbonyl (C=O) groups excluding carboxylic acids is 4. The standard InChI is InChI=1S/C70H134O17P2/c1-5-9-13-17-21-25-29-33-37-41-45-49-53-57-70(75)87-66(61-81-68(73)55-51-47-43-39-35-31-27-23-19-15-11-7-3)63-85-89(78,79)83-59-64(71)58-82-88(76,77)84-62-65(86-69(74)56-52-48-44-40-36-32-28-24-20-16-12-8-4)60-80-67(72)54-50-46-42-38-34-30-26-22-18-14-10-6-2/h25,29,64-66,71H,5-24,26-28,30-63H2,1-4H3,(H,76,77)(H,78,79)/b29-25-/t64?,65-,66-/m1/s1. The van der Waals surface area contributed by atoms with Gasteiger partial charge in [0.25, 0.3) is 0 Å². The van der Waals surface area contributed by atoms with Crippen molar-refractivity contribution in [1.82, 2.24) is 0 Å². The normalized spacial score (nSPS) is 14.1. The topological polar surface area (TPSA) is 237 Å². The van der Waals surface area contributed by atoms with E-state index in [1.54, 1.807) is 0 Å². The van der Waals surface area contributed by atoms with Gasteiger partial charge in [-0.25, -0.2) is 9.13 Å². The number of aliphatic hydroxyl groups is 1. The van der Waals surface area contributed by atoms with Crippen molar-refractivity contribution in [3.63, 3.8) is 0 Å². The lowest BCUT2D eigenvalue weighted by molar-refractivity contribution is -0.161. The Labute approximate surface area is 542 Å². The summed E-state index contributed by atoms with van der Waals surface area (Å²) in [5.41, 5.74) is 0. The van der Waals surface area contributed by atoms with Crippen LogP contribution in [0.1, 0.15) is 355 Å². The van der Waals surface area contributed by atoms with E-state index in [0.29, 0.717) is 25.7 Å². The van der Waals surface area contributed by atoms with Crippen molar-refractivity contribution in [1.29, 1.82) is 0 Å². The van der Waals surface area contributed by atoms with E-state index in [-0.39, 0.29) is 25.7 Å². The Kier molecular flexibility index (Phi) is 62.9. The number of phosphoric ester groups is 2. The molecule has 0 bridgehead atoms. The van der Waals surface area contributed by atoms with Crippen LogP contribution in [-0.4, -0.2) is 96.7 Å². The van der Waals surface area contributed by atoms with Crippen molar-refractivity contribution >= 4 is 39.5 Å². The Morgan fingerprint density at radius 2 is 0.517 bits per heavy atom. The molecule has 0 rings (SSSR count). The van der Waals surface area contributed by atoms with Crippen molar-refractivity contribution in [2.75, 3.05) is 39.6 Å². The molecular weight excluding hydrogens is 1170 g/mol. The Morgan fingerprint density at radius 3 is 0.787 bits per heavy atom. The lowest BCUT2D eigenvalue weighted by Gasteiger charge is -2.21. The second kappa shape index (κ2) is 64.5. The molecule has 0 saturated carbocycles. The van der Waals surface area contributed by atoms with E-state index in [1.165, 1.54) is 173 Å². The van der Waals surface area contributed by atoms with Crippen LogP contribution in [0.2, 0.25) is 0 Å². The molecule has 0 saturated heterocycles. The van der Waals surface area contributed by atoms with E-state index < -0.39 is 97.5 Å². The van der Waals surface area contributed by atoms with Gasteiger partial charge in [0.2, 0.25) is 0 Å². The molecule has 0 aliphatic carbocycles. The first-order valence-corrected chi connectivity index (χ1v) is 39.4. The van der Waals surface area contributed by atoms with Gasteiger partial charge in [-0.1, -0.05) is 290 Å². The number of hydrogen-bond donors (Lipinski definition) is 3. The van der Waals surface area contributed by atoms with Crippen molar-refractivity contribution in [2.45, 2.75) is 373 Å². The van der Waals surface area contributed by atoms with Crippen molar-refractivity contribution in [3.05, 3.63) is 12.2 Å². The van der Waals surface area contributed by atoms with Gasteiger partial charge in [0.05, 0.1) is 26.4 Å². The first-order valence-electron chi connectivity index (χ1n) is 36.4. The highest BCUT2D eigenvalue weighted by molar-refractivity contribution is 7.47. The molecule has 0 amide bonds. The second-order valence-electron chi connectivity index (χ2n) is 24.9. The van der Waals surface area contributed by atoms with E-state index in [0.717, 1.165) is 103 Å². The summed E-state index contributed by atoms with van der Waals surface area (Å²) in [5.74, 6) is -2.14. The fourth-order valence-electron chi connectivity index (χ4n) is 10.4. The summed E-state index contributed by atoms with van der Waals surface area (Å²) in [6.45, 7) is 4.91. The maximum absolute atomic E-state index is 13.0. The van der Waals surface area contributed by atoms with Gasteiger partial charge >= 0.3 is 39.5 Å². The highest BCUT2D eigenvalue weighted by Crippen LogP contribution is 2.45. The van der Waals surface area contributed by atoms with Crippen LogP contribution in [-0.2, 0) is 65.4 Å². The van der Waals surface area contributed by atoms with Gasteiger partial charge in [-0.2, -0.15) is 0 Å². The molecule has 0 heterocycles. The number of aliphatic hydroxyl groups excluding tert-OH is 1. The molecule has 0 aliphatic heterocycles. The fraction of sp³-hybridized carbons (Fsp3) is 0.914. The molecule has 0 aromatic carbocycles. The number of rotatable bonds is 70. The van der Waals surface area contributed by atoms with E-state index in [2.05, 4.69) is 39.8 Å². The van der Waals surface area contributed by atoms with Gasteiger partial charge in [0.15, 0.2) is 12.2 Å². The van der Waals surface area contributed by atoms with Crippen molar-refractivity contribution < 1.29 is 80.2 Å². The third kappa shape index (κ3) is 64.3. The largest absolute Gasteiger partial charge is 0.472 e. The number of esters is 4. The van der Waals surface area contributed by atoms with Crippen LogP contribution < -0.4 is 0 Å². The van der Waals surface area contributed by atoms with Crippen LogP contribution >= 0.6 is 15.6 Å². The monoisotopic (exact) mass is 1310 g/mol. The molecule has 89 heavy (non-hydrogen) atoms. The zero-order valence-electron chi connectivity index (χ0n) is 57.1. The van der Waals surface area contributed by atoms with Crippen molar-refractivity contribution in [2.24, 2.45) is 0 Å². The molecule has 5 atom stereocenters. The Morgan fingerprint density at radius 1 is 0.303 bits per heavy atom. The summed E-state index contributed by atoms with van der Waals surface area (Å²) in [5, 5.41) is 10.6. The van der Waals surface area contributed by atoms with Gasteiger partial charge in [-0.05, 0) is 51.4 Å². The van der Waals surface area contributed by atoms with Gasteiger partial charge in [-0.3, -0.25) is 37.3 Å². The highest BCUT2D eigenvalue weighted by atomic mass is 31.2. The molecule has 526 valence electrons. The number of unbranched alkanes of at least 4 members (excludes halogenated alkanes) is 42. The summed E-state index contributed by atoms with van der Waals surface area (Å²) in [4.78, 5) is 72.5. The third-order valence-corrected chi connectivity index (χ3v) is 17.9. The zero-order chi connectivity index (χ0) is 65.4. The molecule has 3 unspecified atom stereocenters. The van der Waals surface area contributed by atoms with Gasteiger partial charge < -0.3 is 33.8 Å². The van der Waals surface area contributed by atoms with Gasteiger partial charge in [-0.15, -0.1) is 0 Å². The second-order valence-corrected chi connectivity index (χ2v) is 27.8. The summed E-state index contributed by atoms with van der Waals surface area (Å²) < 4.78 is 68.3. The summed E-state index contributed by atoms with van der Waals surface area (Å²) >= 11 is 0. The number of carbonyl (C=O) groups is 4. The number of ether oxygens (including phenoxy) is 4. The molecule has 3 N–H and O–H groups in total. The minimum atomic E-state index is -4.95. The van der Waals surface area contributed by atoms with E-state index in [4.69, 9.17) is 37.0 Å². The molecule has 0 aliphatic rings. The van der Waals surface area contributed by atoms with Crippen molar-refractivity contribution in [3.8, 4) is 0 Å². The fourth-order valence-corrected chi connectivity index (χ4v) is 12.0. The molecule has 17 nitrogen and oxygen atoms in total. The SMILES string of the molecule is CCCCCC/C=C\CCCCCCCC(=O)O[C@H](COC(=O)CCCCCCCCCCCCCC)COP(=O)(O)OCC(O)COP(=O)(O)OC[C@@H](COC(=O)CCCCCCCCCCCCCC)OC(=O)CCCCCCCCCCCCCC. The third-order valence-electron chi connectivity index (χ3n) is 16.0. The van der Waals surface area contributed by atoms with Crippen LogP contribution in [0, 0.1) is 0 Å². The number of allylic oxidation sites excluding steroid dienone is 2. The lowest BCUT2D eigenvalue weighted by Crippen LogP contribution is -2.30. The predicted octanol–water partition coefficient (Wildman–Crippen LogP) is 20.1. The zero-order valence-corrected chi connectivity index (χ0v) is 58.9. The molecule has 0 spiro atoms. The summed E-state index contributed by atoms with van der Waals surface area (Å²) in [6.07, 6.45) is 53.5. The highest BCUT2D eigenvalue weighted by Gasteiger charge is 2.30. The molecular formula is C70H134O17P2. The van der Waals surface area contributed by atoms with E-state index >= 15 is 0 Å². The number of hydrogen-bond acceptors (Lipinski definition) is 15. The average Bonchev–Trinajstić information content (AvgIpc) is 3.71. The van der Waals surface area contributed by atoms with Gasteiger partial charge in [0.1, 0.15) is 19.3 Å². The minimum absolute atomic E-state index is 0.0944. The molecule has 0 aromatic rings. The van der Waals surface area contributed by atoms with Crippen LogP contribution in [0.15, 0.2) is 12.2 Å². The molecule has 19 heteroatoms. The Hall–Kier alpha value is -2.20. The van der Waals surface area contributed by atoms with E-state index in [9.17, 15) is 43.2 Å². The quantitative estimate of drug-likeness (QED) is 0.0169. The first kappa shape index (κ1) is 86.8. The average molecular weight is 1310 g/mol. The van der Waals surface area contributed by atoms with Crippen LogP contribution in [0.5, 0.6) is 0 Å². The molecule has 0 aromatic heterocycles. The molecule has 0 fully saturated rings. The van der Waals surface area contributed by atoms with Gasteiger partial charge in [0, 0.05) is 25.7 Å². The predicted molar refractivity (Wildman–Crippen MR) is 358 cm³/mol. The molecule has 0 radical (unpaired) electrons. The first-order chi connectivity index (χ1) is 43.2. The smallest absolute Gasteiger partial charge is 0.462 e. The van der Waals surface area contributed by atoms with Crippen LogP contribution in [0.25, 0.3) is 0 Å². The lowest BCUT2D eigenvalue weighted by atomic mass is 10.0. The summed E-state index contributed by atoms with van der Waals surface area (Å²) in [6, 6.07) is 0. The van der Waals surface area contributed by atoms with E-state index in [1.807, 2.05) is 0 Å². The number of phosphoric acid groups is 2. The van der Waals surface area contributed by atoms with Crippen LogP contribution in [0.3, 0.4) is 0 Å². The maximum Gasteiger partial charge on any atom is 0.472 e.